The van der Waals surface area contributed by atoms with Crippen molar-refractivity contribution in [3.63, 3.8) is 0 Å². The van der Waals surface area contributed by atoms with Gasteiger partial charge in [-0.3, -0.25) is 0 Å². The zero-order valence-corrected chi connectivity index (χ0v) is 8.96. The third-order valence-corrected chi connectivity index (χ3v) is 0.805. The summed E-state index contributed by atoms with van der Waals surface area (Å²) in [5.74, 6) is -3.54. The van der Waals surface area contributed by atoms with Crippen LogP contribution in [0.2, 0.25) is 0 Å². The zero-order chi connectivity index (χ0) is 8.31. The van der Waals surface area contributed by atoms with Gasteiger partial charge in [0.1, 0.15) is 0 Å². The van der Waals surface area contributed by atoms with Crippen molar-refractivity contribution in [2.75, 3.05) is 0 Å². The molecule has 1 radical (unpaired) electrons. The SMILES string of the molecule is O=C(O)C(O)C(O)C(=O)O.[La]. The van der Waals surface area contributed by atoms with Crippen molar-refractivity contribution < 1.29 is 65.6 Å². The fourth-order valence-corrected chi connectivity index (χ4v) is 0.270. The molecule has 0 aliphatic rings. The van der Waals surface area contributed by atoms with Gasteiger partial charge in [-0.05, 0) is 0 Å². The van der Waals surface area contributed by atoms with E-state index in [2.05, 4.69) is 0 Å². The van der Waals surface area contributed by atoms with Crippen molar-refractivity contribution in [2.45, 2.75) is 12.2 Å². The summed E-state index contributed by atoms with van der Waals surface area (Å²) >= 11 is 0. The molecule has 2 unspecified atom stereocenters. The smallest absolute Gasteiger partial charge is 0.335 e. The Hall–Kier alpha value is 0.0548. The molecule has 0 aromatic carbocycles. The minimum atomic E-state index is -2.27. The largest absolute Gasteiger partial charge is 0.479 e. The Kier molecular flexibility index (Phi) is 7.03. The maximum atomic E-state index is 9.77. The van der Waals surface area contributed by atoms with Gasteiger partial charge in [-0.2, -0.15) is 0 Å². The Bertz CT molecular complexity index is 139. The van der Waals surface area contributed by atoms with Crippen molar-refractivity contribution in [3.05, 3.63) is 0 Å². The predicted molar refractivity (Wildman–Crippen MR) is 27.3 cm³/mol. The molecule has 2 atom stereocenters. The van der Waals surface area contributed by atoms with E-state index in [1.54, 1.807) is 0 Å². The molecule has 0 saturated carbocycles. The first-order valence-electron chi connectivity index (χ1n) is 2.28. The van der Waals surface area contributed by atoms with Gasteiger partial charge in [0.2, 0.25) is 0 Å². The quantitative estimate of drug-likeness (QED) is 0.472. The van der Waals surface area contributed by atoms with E-state index < -0.39 is 24.1 Å². The van der Waals surface area contributed by atoms with Gasteiger partial charge in [0.15, 0.2) is 12.2 Å². The van der Waals surface area contributed by atoms with Gasteiger partial charge in [-0.1, -0.05) is 0 Å². The van der Waals surface area contributed by atoms with E-state index in [0.717, 1.165) is 0 Å². The Balaban J connectivity index is 0. The van der Waals surface area contributed by atoms with E-state index >= 15 is 0 Å². The molecule has 0 aliphatic carbocycles. The van der Waals surface area contributed by atoms with E-state index in [9.17, 15) is 9.59 Å². The topological polar surface area (TPSA) is 115 Å². The van der Waals surface area contributed by atoms with Crippen LogP contribution in [0, 0.1) is 35.6 Å². The zero-order valence-electron chi connectivity index (χ0n) is 5.34. The molecule has 6 nitrogen and oxygen atoms in total. The van der Waals surface area contributed by atoms with Crippen LogP contribution in [0.15, 0.2) is 0 Å². The number of aliphatic hydroxyl groups excluding tert-OH is 2. The number of rotatable bonds is 3. The van der Waals surface area contributed by atoms with Gasteiger partial charge in [-0.15, -0.1) is 0 Å². The minimum absolute atomic E-state index is 0. The van der Waals surface area contributed by atoms with Gasteiger partial charge >= 0.3 is 11.9 Å². The third-order valence-electron chi connectivity index (χ3n) is 0.805. The van der Waals surface area contributed by atoms with Crippen molar-refractivity contribution in [1.29, 1.82) is 0 Å². The second-order valence-electron chi connectivity index (χ2n) is 1.57. The summed E-state index contributed by atoms with van der Waals surface area (Å²) in [5.41, 5.74) is 0. The van der Waals surface area contributed by atoms with Crippen LogP contribution in [-0.4, -0.2) is 44.6 Å². The van der Waals surface area contributed by atoms with Gasteiger partial charge in [0, 0.05) is 35.6 Å². The van der Waals surface area contributed by atoms with Crippen molar-refractivity contribution in [1.82, 2.24) is 0 Å². The second kappa shape index (κ2) is 5.67. The summed E-state index contributed by atoms with van der Waals surface area (Å²) < 4.78 is 0. The maximum absolute atomic E-state index is 9.77. The van der Waals surface area contributed by atoms with Gasteiger partial charge in [0.05, 0.1) is 0 Å². The molecule has 0 spiro atoms. The molecule has 7 heteroatoms. The first kappa shape index (κ1) is 13.6. The maximum Gasteiger partial charge on any atom is 0.335 e. The summed E-state index contributed by atoms with van der Waals surface area (Å²) in [4.78, 5) is 19.5. The molecule has 0 amide bonds. The summed E-state index contributed by atoms with van der Waals surface area (Å²) in [6.07, 6.45) is -4.53. The summed E-state index contributed by atoms with van der Waals surface area (Å²) in [6.45, 7) is 0. The average molecular weight is 289 g/mol. The molecule has 0 rings (SSSR count). The number of aliphatic carboxylic acids is 2. The summed E-state index contributed by atoms with van der Waals surface area (Å²) in [6, 6.07) is 0. The molecule has 0 fully saturated rings. The number of carboxylic acids is 2. The normalized spacial score (nSPS) is 14.4. The van der Waals surface area contributed by atoms with Crippen LogP contribution < -0.4 is 0 Å². The fraction of sp³-hybridized carbons (Fsp3) is 0.500. The van der Waals surface area contributed by atoms with Gasteiger partial charge < -0.3 is 20.4 Å². The Morgan fingerprint density at radius 1 is 0.909 bits per heavy atom. The first-order chi connectivity index (χ1) is 4.46. The van der Waals surface area contributed by atoms with E-state index in [0.29, 0.717) is 0 Å². The molecule has 4 N–H and O–H groups in total. The number of carboxylic acid groups (broad SMARTS) is 2. The molecule has 0 aromatic rings. The molecule has 11 heavy (non-hydrogen) atoms. The summed E-state index contributed by atoms with van der Waals surface area (Å²) in [5, 5.41) is 32.5. The molecule has 0 saturated heterocycles. The van der Waals surface area contributed by atoms with Crippen LogP contribution in [0.5, 0.6) is 0 Å². The van der Waals surface area contributed by atoms with Gasteiger partial charge in [-0.25, -0.2) is 9.59 Å². The average Bonchev–Trinajstić information content (AvgIpc) is 1.84. The van der Waals surface area contributed by atoms with Crippen LogP contribution in [0.3, 0.4) is 0 Å². The third kappa shape index (κ3) is 4.49. The number of hydrogen-bond acceptors (Lipinski definition) is 4. The first-order valence-corrected chi connectivity index (χ1v) is 2.28. The Morgan fingerprint density at radius 2 is 1.09 bits per heavy atom. The second-order valence-corrected chi connectivity index (χ2v) is 1.57. The van der Waals surface area contributed by atoms with Crippen LogP contribution in [0.1, 0.15) is 0 Å². The van der Waals surface area contributed by atoms with Crippen molar-refractivity contribution >= 4 is 11.9 Å². The Labute approximate surface area is 89.4 Å². The molecule has 61 valence electrons. The van der Waals surface area contributed by atoms with E-state index in [4.69, 9.17) is 20.4 Å². The molecular weight excluding hydrogens is 283 g/mol. The number of aliphatic hydroxyl groups is 2. The minimum Gasteiger partial charge on any atom is -0.479 e. The molecule has 0 aromatic heterocycles. The van der Waals surface area contributed by atoms with Crippen LogP contribution in [0.4, 0.5) is 0 Å². The Morgan fingerprint density at radius 3 is 1.18 bits per heavy atom. The van der Waals surface area contributed by atoms with E-state index in [1.807, 2.05) is 0 Å². The van der Waals surface area contributed by atoms with E-state index in [-0.39, 0.29) is 35.6 Å². The van der Waals surface area contributed by atoms with E-state index in [1.165, 1.54) is 0 Å². The van der Waals surface area contributed by atoms with Crippen LogP contribution in [-0.2, 0) is 9.59 Å². The molecule has 0 aliphatic heterocycles. The number of carbonyl (C=O) groups is 2. The number of hydrogen-bond donors (Lipinski definition) is 4. The monoisotopic (exact) mass is 289 g/mol. The van der Waals surface area contributed by atoms with Gasteiger partial charge in [0.25, 0.3) is 0 Å². The summed E-state index contributed by atoms with van der Waals surface area (Å²) in [7, 11) is 0. The van der Waals surface area contributed by atoms with Crippen LogP contribution in [0.25, 0.3) is 0 Å². The van der Waals surface area contributed by atoms with Crippen LogP contribution >= 0.6 is 0 Å². The van der Waals surface area contributed by atoms with Crippen molar-refractivity contribution in [3.8, 4) is 0 Å². The predicted octanol–water partition coefficient (Wildman–Crippen LogP) is -2.12. The molecule has 0 heterocycles. The molecular formula is C4H6LaO6. The standard InChI is InChI=1S/C4H6O6.La/c5-1(3(7)8)2(6)4(9)10;/h1-2,5-6H,(H,7,8)(H,9,10);. The van der Waals surface area contributed by atoms with Crippen molar-refractivity contribution in [2.24, 2.45) is 0 Å². The fourth-order valence-electron chi connectivity index (χ4n) is 0.270. The molecule has 0 bridgehead atoms.